The van der Waals surface area contributed by atoms with Gasteiger partial charge < -0.3 is 20.3 Å². The van der Waals surface area contributed by atoms with E-state index in [0.717, 1.165) is 59.3 Å². The number of aromatic nitrogens is 6. The number of pyridine rings is 1. The van der Waals surface area contributed by atoms with Crippen molar-refractivity contribution in [2.75, 3.05) is 30.4 Å². The molecular formula is C40H38N10O4. The van der Waals surface area contributed by atoms with Crippen molar-refractivity contribution in [1.82, 2.24) is 39.3 Å². The lowest BCUT2D eigenvalue weighted by molar-refractivity contribution is -0.135. The van der Waals surface area contributed by atoms with Gasteiger partial charge in [-0.2, -0.15) is 0 Å². The molecule has 3 N–H and O–H groups in total. The summed E-state index contributed by atoms with van der Waals surface area (Å²) in [5.41, 5.74) is 8.57. The van der Waals surface area contributed by atoms with E-state index in [1.807, 2.05) is 42.0 Å². The first kappa shape index (κ1) is 33.4. The molecule has 54 heavy (non-hydrogen) atoms. The molecule has 1 unspecified atom stereocenters. The number of nitrogens with zero attached hydrogens (tertiary/aromatic N) is 7. The molecule has 3 aliphatic rings. The fraction of sp³-hybridized carbons (Fsp3) is 0.300. The van der Waals surface area contributed by atoms with Crippen LogP contribution in [0.5, 0.6) is 5.75 Å². The average molecular weight is 723 g/mol. The van der Waals surface area contributed by atoms with Crippen LogP contribution >= 0.6 is 0 Å². The number of amides is 2. The smallest absolute Gasteiger partial charge is 0.329 e. The van der Waals surface area contributed by atoms with E-state index in [9.17, 15) is 14.4 Å². The number of rotatable bonds is 9. The summed E-state index contributed by atoms with van der Waals surface area (Å²) < 4.78 is 11.0. The number of hydrogen-bond donors (Lipinski definition) is 3. The quantitative estimate of drug-likeness (QED) is 0.148. The molecule has 0 bridgehead atoms. The van der Waals surface area contributed by atoms with Crippen LogP contribution in [-0.2, 0) is 29.6 Å². The van der Waals surface area contributed by atoms with Crippen LogP contribution in [0, 0.1) is 11.8 Å². The van der Waals surface area contributed by atoms with Gasteiger partial charge in [0.15, 0.2) is 11.5 Å². The molecule has 14 heteroatoms. The highest BCUT2D eigenvalue weighted by molar-refractivity contribution is 6.00. The van der Waals surface area contributed by atoms with Gasteiger partial charge in [0.05, 0.1) is 34.3 Å². The molecule has 4 aromatic heterocycles. The lowest BCUT2D eigenvalue weighted by atomic mass is 10.0. The summed E-state index contributed by atoms with van der Waals surface area (Å²) in [6.45, 7) is 1.65. The molecule has 1 saturated heterocycles. The predicted octanol–water partition coefficient (Wildman–Crippen LogP) is 3.84. The third-order valence-corrected chi connectivity index (χ3v) is 10.4. The molecule has 1 saturated carbocycles. The monoisotopic (exact) mass is 722 g/mol. The van der Waals surface area contributed by atoms with Crippen molar-refractivity contribution in [2.45, 2.75) is 50.7 Å². The molecule has 6 aromatic rings. The van der Waals surface area contributed by atoms with Gasteiger partial charge in [-0.25, -0.2) is 14.3 Å². The SMILES string of the molecule is CNc1cc(N2CCc3c(-c4cc(OCC#Cc5ccc6c(c5)n(C)c(=O)n6C5CCC(=O)NC5=O)ccn4)cccc32)nn2c(CNC3CC3)cnc12. The topological polar surface area (TPSA) is 153 Å². The summed E-state index contributed by atoms with van der Waals surface area (Å²) in [7, 11) is 3.57. The van der Waals surface area contributed by atoms with E-state index in [-0.39, 0.29) is 31.0 Å². The minimum atomic E-state index is -0.737. The van der Waals surface area contributed by atoms with Crippen LogP contribution in [0.2, 0.25) is 0 Å². The molecular weight excluding hydrogens is 685 g/mol. The van der Waals surface area contributed by atoms with Crippen molar-refractivity contribution in [2.24, 2.45) is 7.05 Å². The Morgan fingerprint density at radius 3 is 2.72 bits per heavy atom. The van der Waals surface area contributed by atoms with E-state index in [4.69, 9.17) is 14.8 Å². The highest BCUT2D eigenvalue weighted by Crippen LogP contribution is 2.40. The molecule has 272 valence electrons. The Kier molecular flexibility index (Phi) is 8.35. The zero-order valence-corrected chi connectivity index (χ0v) is 29.9. The maximum absolute atomic E-state index is 13.1. The van der Waals surface area contributed by atoms with Crippen LogP contribution in [0.15, 0.2) is 71.8 Å². The maximum atomic E-state index is 13.1. The van der Waals surface area contributed by atoms with Gasteiger partial charge in [-0.1, -0.05) is 24.0 Å². The van der Waals surface area contributed by atoms with E-state index in [1.165, 1.54) is 27.5 Å². The molecule has 0 radical (unpaired) electrons. The average Bonchev–Trinajstić information content (AvgIpc) is 3.68. The highest BCUT2D eigenvalue weighted by Gasteiger charge is 2.31. The predicted molar refractivity (Wildman–Crippen MR) is 204 cm³/mol. The van der Waals surface area contributed by atoms with Crippen molar-refractivity contribution in [3.8, 4) is 28.8 Å². The number of imidazole rings is 2. The Hall–Kier alpha value is -6.46. The summed E-state index contributed by atoms with van der Waals surface area (Å²) in [6.07, 6.45) is 7.40. The van der Waals surface area contributed by atoms with Crippen molar-refractivity contribution in [3.63, 3.8) is 0 Å². The summed E-state index contributed by atoms with van der Waals surface area (Å²) in [5.74, 6) is 6.92. The third-order valence-electron chi connectivity index (χ3n) is 10.4. The van der Waals surface area contributed by atoms with Crippen molar-refractivity contribution in [1.29, 1.82) is 0 Å². The van der Waals surface area contributed by atoms with E-state index in [2.05, 4.69) is 61.9 Å². The molecule has 9 rings (SSSR count). The van der Waals surface area contributed by atoms with Gasteiger partial charge in [-0.3, -0.25) is 29.0 Å². The maximum Gasteiger partial charge on any atom is 0.329 e. The van der Waals surface area contributed by atoms with E-state index in [1.54, 1.807) is 19.3 Å². The van der Waals surface area contributed by atoms with Crippen molar-refractivity contribution in [3.05, 3.63) is 94.3 Å². The number of carbonyl (C=O) groups excluding carboxylic acids is 2. The van der Waals surface area contributed by atoms with E-state index >= 15 is 0 Å². The zero-order valence-electron chi connectivity index (χ0n) is 29.9. The van der Waals surface area contributed by atoms with Crippen LogP contribution < -0.4 is 31.3 Å². The van der Waals surface area contributed by atoms with Gasteiger partial charge >= 0.3 is 5.69 Å². The number of hydrogen-bond acceptors (Lipinski definition) is 10. The number of fused-ring (bicyclic) bond motifs is 3. The Morgan fingerprint density at radius 2 is 1.89 bits per heavy atom. The van der Waals surface area contributed by atoms with Gasteiger partial charge in [0, 0.05) is 74.8 Å². The molecule has 6 heterocycles. The van der Waals surface area contributed by atoms with Crippen LogP contribution in [-0.4, -0.2) is 66.8 Å². The number of nitrogens with one attached hydrogen (secondary N) is 3. The summed E-state index contributed by atoms with van der Waals surface area (Å²) in [4.78, 5) is 48.9. The fourth-order valence-corrected chi connectivity index (χ4v) is 7.46. The fourth-order valence-electron chi connectivity index (χ4n) is 7.46. The molecule has 2 aliphatic heterocycles. The van der Waals surface area contributed by atoms with Gasteiger partial charge in [-0.05, 0) is 61.6 Å². The molecule has 2 aromatic carbocycles. The van der Waals surface area contributed by atoms with Crippen molar-refractivity contribution < 1.29 is 14.3 Å². The normalized spacial score (nSPS) is 16.7. The Labute approximate surface area is 310 Å². The highest BCUT2D eigenvalue weighted by atomic mass is 16.5. The number of aryl methyl sites for hydroxylation is 1. The van der Waals surface area contributed by atoms with Gasteiger partial charge in [0.1, 0.15) is 18.4 Å². The summed E-state index contributed by atoms with van der Waals surface area (Å²) >= 11 is 0. The molecule has 1 aliphatic carbocycles. The third kappa shape index (κ3) is 6.02. The van der Waals surface area contributed by atoms with Gasteiger partial charge in [0.2, 0.25) is 11.8 Å². The number of benzene rings is 2. The second-order valence-electron chi connectivity index (χ2n) is 13.9. The molecule has 0 spiro atoms. The summed E-state index contributed by atoms with van der Waals surface area (Å²) in [5, 5.41) is 14.3. The first-order valence-electron chi connectivity index (χ1n) is 18.2. The van der Waals surface area contributed by atoms with Crippen LogP contribution in [0.25, 0.3) is 27.9 Å². The summed E-state index contributed by atoms with van der Waals surface area (Å²) in [6, 6.07) is 17.4. The first-order chi connectivity index (χ1) is 26.4. The van der Waals surface area contributed by atoms with Crippen LogP contribution in [0.1, 0.15) is 48.5 Å². The Morgan fingerprint density at radius 1 is 1.00 bits per heavy atom. The molecule has 14 nitrogen and oxygen atoms in total. The second-order valence-corrected chi connectivity index (χ2v) is 13.9. The molecule has 2 amide bonds. The lowest BCUT2D eigenvalue weighted by Gasteiger charge is -2.21. The first-order valence-corrected chi connectivity index (χ1v) is 18.2. The number of imide groups is 1. The molecule has 2 fully saturated rings. The van der Waals surface area contributed by atoms with Crippen LogP contribution in [0.4, 0.5) is 17.2 Å². The number of ether oxygens (including phenoxy) is 1. The molecule has 1 atom stereocenters. The number of anilines is 3. The van der Waals surface area contributed by atoms with E-state index in [0.29, 0.717) is 28.4 Å². The Balaban J connectivity index is 0.920. The minimum Gasteiger partial charge on any atom is -0.481 e. The van der Waals surface area contributed by atoms with Crippen LogP contribution in [0.3, 0.4) is 0 Å². The Bertz CT molecular complexity index is 2610. The zero-order chi connectivity index (χ0) is 36.9. The standard InChI is InChI=1S/C40H38N10O4/c1-41-31-21-36(46-50-26(23-44-38(31)50)22-43-25-9-10-25)48-17-15-29-28(6-3-7-32(29)48)30-20-27(14-16-42-30)54-18-4-5-24-8-11-33-35(19-24)47(2)40(53)49(33)34-12-13-37(51)45-39(34)52/h3,6-8,11,14,16,19-21,23,25,34,41,43H,9-10,12-13,15,17-18,22H2,1-2H3,(H,45,51,52). The lowest BCUT2D eigenvalue weighted by Crippen LogP contribution is -2.44. The largest absolute Gasteiger partial charge is 0.481 e. The second kappa shape index (κ2) is 13.5. The van der Waals surface area contributed by atoms with Gasteiger partial charge in [0.25, 0.3) is 0 Å². The number of carbonyl (C=O) groups is 2. The van der Waals surface area contributed by atoms with Crippen molar-refractivity contribution >= 4 is 45.7 Å². The van der Waals surface area contributed by atoms with Gasteiger partial charge in [-0.15, -0.1) is 5.10 Å². The number of piperidine rings is 1. The van der Waals surface area contributed by atoms with E-state index < -0.39 is 11.9 Å². The minimum absolute atomic E-state index is 0.146.